The molecule has 1 aliphatic heterocycles. The van der Waals surface area contributed by atoms with Gasteiger partial charge in [0, 0.05) is 69.8 Å². The van der Waals surface area contributed by atoms with Crippen LogP contribution in [0.2, 0.25) is 0 Å². The maximum absolute atomic E-state index is 9.03. The Labute approximate surface area is 154 Å². The summed E-state index contributed by atoms with van der Waals surface area (Å²) in [5.41, 5.74) is 1.74. The number of aliphatic hydroxyl groups is 1. The van der Waals surface area contributed by atoms with Gasteiger partial charge in [-0.25, -0.2) is 4.98 Å². The summed E-state index contributed by atoms with van der Waals surface area (Å²) < 4.78 is 0. The molecule has 0 aromatic carbocycles. The van der Waals surface area contributed by atoms with Gasteiger partial charge in [0.1, 0.15) is 5.82 Å². The third kappa shape index (κ3) is 5.35. The van der Waals surface area contributed by atoms with E-state index in [0.717, 1.165) is 56.3 Å². The number of piperazine rings is 1. The highest BCUT2D eigenvalue weighted by Gasteiger charge is 2.13. The number of aliphatic hydroxyl groups excluding tert-OH is 1. The molecule has 1 saturated heterocycles. The maximum Gasteiger partial charge on any atom is 0.225 e. The molecule has 2 aromatic rings. The smallest absolute Gasteiger partial charge is 0.225 e. The molecular weight excluding hydrogens is 330 g/mol. The van der Waals surface area contributed by atoms with Crippen molar-refractivity contribution in [1.82, 2.24) is 24.8 Å². The number of nitrogens with zero attached hydrogens (tertiary/aromatic N) is 5. The molecule has 8 nitrogen and oxygen atoms in total. The van der Waals surface area contributed by atoms with Gasteiger partial charge in [-0.1, -0.05) is 0 Å². The van der Waals surface area contributed by atoms with Gasteiger partial charge in [-0.15, -0.1) is 0 Å². The van der Waals surface area contributed by atoms with Gasteiger partial charge in [-0.05, 0) is 19.2 Å². The first-order valence-electron chi connectivity index (χ1n) is 9.03. The van der Waals surface area contributed by atoms with E-state index in [9.17, 15) is 0 Å². The zero-order chi connectivity index (χ0) is 18.2. The van der Waals surface area contributed by atoms with Crippen LogP contribution in [0.25, 0.3) is 11.3 Å². The molecule has 0 amide bonds. The summed E-state index contributed by atoms with van der Waals surface area (Å²) in [5.74, 6) is 1.27. The van der Waals surface area contributed by atoms with Gasteiger partial charge < -0.3 is 20.6 Å². The fourth-order valence-corrected chi connectivity index (χ4v) is 2.86. The minimum Gasteiger partial charge on any atom is -0.395 e. The molecule has 0 atom stereocenters. The molecule has 0 radical (unpaired) electrons. The Bertz CT molecular complexity index is 674. The minimum absolute atomic E-state index is 0.0344. The molecule has 1 aliphatic rings. The Balaban J connectivity index is 1.65. The molecule has 0 unspecified atom stereocenters. The van der Waals surface area contributed by atoms with Gasteiger partial charge in [0.15, 0.2) is 0 Å². The quantitative estimate of drug-likeness (QED) is 0.633. The Kier molecular flexibility index (Phi) is 6.70. The molecule has 26 heavy (non-hydrogen) atoms. The molecular formula is C18H27N7O. The molecule has 140 valence electrons. The van der Waals surface area contributed by atoms with E-state index < -0.39 is 0 Å². The van der Waals surface area contributed by atoms with Crippen molar-refractivity contribution < 1.29 is 5.11 Å². The molecule has 3 N–H and O–H groups in total. The van der Waals surface area contributed by atoms with E-state index >= 15 is 0 Å². The van der Waals surface area contributed by atoms with Gasteiger partial charge in [0.25, 0.3) is 0 Å². The van der Waals surface area contributed by atoms with E-state index in [-0.39, 0.29) is 6.61 Å². The molecule has 3 heterocycles. The summed E-state index contributed by atoms with van der Waals surface area (Å²) >= 11 is 0. The van der Waals surface area contributed by atoms with Gasteiger partial charge in [-0.2, -0.15) is 4.98 Å². The molecule has 2 aromatic heterocycles. The Hall–Kier alpha value is -2.29. The fourth-order valence-electron chi connectivity index (χ4n) is 2.86. The number of nitrogens with one attached hydrogen (secondary N) is 2. The highest BCUT2D eigenvalue weighted by Crippen LogP contribution is 2.20. The van der Waals surface area contributed by atoms with Crippen LogP contribution in [-0.2, 0) is 0 Å². The lowest BCUT2D eigenvalue weighted by Crippen LogP contribution is -2.45. The molecule has 1 fully saturated rings. The Morgan fingerprint density at radius 1 is 1.12 bits per heavy atom. The lowest BCUT2D eigenvalue weighted by molar-refractivity contribution is 0.158. The normalized spacial score (nSPS) is 15.8. The van der Waals surface area contributed by atoms with E-state index in [1.54, 1.807) is 12.4 Å². The van der Waals surface area contributed by atoms with Crippen molar-refractivity contribution in [1.29, 1.82) is 0 Å². The summed E-state index contributed by atoms with van der Waals surface area (Å²) in [7, 11) is 2.16. The second kappa shape index (κ2) is 9.42. The third-order valence-corrected chi connectivity index (χ3v) is 4.41. The summed E-state index contributed by atoms with van der Waals surface area (Å²) in [6.45, 7) is 6.70. The molecule has 0 saturated carbocycles. The first-order valence-corrected chi connectivity index (χ1v) is 9.03. The molecule has 0 spiro atoms. The molecule has 0 aliphatic carbocycles. The van der Waals surface area contributed by atoms with Crippen LogP contribution in [0.15, 0.2) is 30.6 Å². The molecule has 8 heteroatoms. The van der Waals surface area contributed by atoms with E-state index in [4.69, 9.17) is 5.11 Å². The molecule has 0 bridgehead atoms. The summed E-state index contributed by atoms with van der Waals surface area (Å²) in [6.07, 6.45) is 3.52. The van der Waals surface area contributed by atoms with Crippen molar-refractivity contribution in [2.75, 3.05) is 70.1 Å². The predicted molar refractivity (Wildman–Crippen MR) is 103 cm³/mol. The second-order valence-electron chi connectivity index (χ2n) is 6.43. The minimum atomic E-state index is 0.0344. The van der Waals surface area contributed by atoms with E-state index in [0.29, 0.717) is 12.5 Å². The maximum atomic E-state index is 9.03. The van der Waals surface area contributed by atoms with Crippen LogP contribution >= 0.6 is 0 Å². The first-order chi connectivity index (χ1) is 12.7. The lowest BCUT2D eigenvalue weighted by atomic mass is 10.2. The van der Waals surface area contributed by atoms with E-state index in [1.807, 2.05) is 18.2 Å². The topological polar surface area (TPSA) is 89.4 Å². The Morgan fingerprint density at radius 3 is 2.69 bits per heavy atom. The van der Waals surface area contributed by atoms with Gasteiger partial charge in [0.05, 0.1) is 12.3 Å². The average Bonchev–Trinajstić information content (AvgIpc) is 2.68. The van der Waals surface area contributed by atoms with Crippen molar-refractivity contribution in [2.24, 2.45) is 0 Å². The van der Waals surface area contributed by atoms with Crippen LogP contribution in [0.4, 0.5) is 11.8 Å². The SMILES string of the molecule is CN1CCN(CCNc2cc(-c3cccnc3)nc(NCCO)n2)CC1. The van der Waals surface area contributed by atoms with Crippen LogP contribution < -0.4 is 10.6 Å². The number of likely N-dealkylation sites (N-methyl/N-ethyl adjacent to an activating group) is 1. The number of rotatable bonds is 8. The van der Waals surface area contributed by atoms with Gasteiger partial charge >= 0.3 is 0 Å². The largest absolute Gasteiger partial charge is 0.395 e. The third-order valence-electron chi connectivity index (χ3n) is 4.41. The number of anilines is 2. The van der Waals surface area contributed by atoms with Crippen LogP contribution in [-0.4, -0.2) is 89.3 Å². The summed E-state index contributed by atoms with van der Waals surface area (Å²) in [5, 5.41) is 15.5. The highest BCUT2D eigenvalue weighted by atomic mass is 16.3. The second-order valence-corrected chi connectivity index (χ2v) is 6.43. The van der Waals surface area contributed by atoms with Gasteiger partial charge in [-0.3, -0.25) is 9.88 Å². The standard InChI is InChI=1S/C18H27N7O/c1-24-8-10-25(11-9-24)7-5-20-17-13-16(15-3-2-4-19-14-15)22-18(23-17)21-6-12-26/h2-4,13-14,26H,5-12H2,1H3,(H2,20,21,22,23). The lowest BCUT2D eigenvalue weighted by Gasteiger charge is -2.32. The van der Waals surface area contributed by atoms with Crippen molar-refractivity contribution in [3.05, 3.63) is 30.6 Å². The number of aromatic nitrogens is 3. The zero-order valence-corrected chi connectivity index (χ0v) is 15.2. The Morgan fingerprint density at radius 2 is 1.96 bits per heavy atom. The van der Waals surface area contributed by atoms with Crippen molar-refractivity contribution in [2.45, 2.75) is 0 Å². The number of hydrogen-bond acceptors (Lipinski definition) is 8. The highest BCUT2D eigenvalue weighted by molar-refractivity contribution is 5.63. The van der Waals surface area contributed by atoms with Crippen molar-refractivity contribution in [3.8, 4) is 11.3 Å². The zero-order valence-electron chi connectivity index (χ0n) is 15.2. The predicted octanol–water partition coefficient (Wildman–Crippen LogP) is 0.602. The van der Waals surface area contributed by atoms with Crippen LogP contribution in [0, 0.1) is 0 Å². The van der Waals surface area contributed by atoms with Gasteiger partial charge in [0.2, 0.25) is 5.95 Å². The summed E-state index contributed by atoms with van der Waals surface area (Å²) in [6, 6.07) is 5.79. The van der Waals surface area contributed by atoms with Crippen LogP contribution in [0.5, 0.6) is 0 Å². The van der Waals surface area contributed by atoms with Crippen LogP contribution in [0.3, 0.4) is 0 Å². The van der Waals surface area contributed by atoms with E-state index in [1.165, 1.54) is 0 Å². The average molecular weight is 357 g/mol. The van der Waals surface area contributed by atoms with Crippen molar-refractivity contribution >= 4 is 11.8 Å². The monoisotopic (exact) mass is 357 g/mol. The molecule has 3 rings (SSSR count). The van der Waals surface area contributed by atoms with Crippen LogP contribution in [0.1, 0.15) is 0 Å². The summed E-state index contributed by atoms with van der Waals surface area (Å²) in [4.78, 5) is 18.0. The fraction of sp³-hybridized carbons (Fsp3) is 0.500. The first kappa shape index (κ1) is 18.5. The van der Waals surface area contributed by atoms with Crippen molar-refractivity contribution in [3.63, 3.8) is 0 Å². The number of hydrogen-bond donors (Lipinski definition) is 3. The van der Waals surface area contributed by atoms with E-state index in [2.05, 4.69) is 42.4 Å². The number of pyridine rings is 1.